The van der Waals surface area contributed by atoms with Crippen molar-refractivity contribution in [3.63, 3.8) is 0 Å². The molecule has 0 aliphatic carbocycles. The molecule has 0 saturated carbocycles. The van der Waals surface area contributed by atoms with Crippen LogP contribution in [0.15, 0.2) is 109 Å². The van der Waals surface area contributed by atoms with Crippen molar-refractivity contribution < 1.29 is 4.74 Å². The molecule has 0 fully saturated rings. The quantitative estimate of drug-likeness (QED) is 0.251. The van der Waals surface area contributed by atoms with Crippen LogP contribution in [0.4, 0.5) is 23.3 Å². The van der Waals surface area contributed by atoms with Crippen LogP contribution in [0.3, 0.4) is 0 Å². The number of anilines is 4. The molecule has 0 amide bonds. The SMILES string of the molecule is Nc1nc(Nc2ccc(Oc3ccnc(NCc4ccccc4)c3)cc2)cc(-c2ccccc2)n1. The lowest BCUT2D eigenvalue weighted by Crippen LogP contribution is -2.01. The molecule has 0 radical (unpaired) electrons. The highest BCUT2D eigenvalue weighted by atomic mass is 16.5. The predicted octanol–water partition coefficient (Wildman–Crippen LogP) is 6.27. The molecule has 5 aromatic rings. The summed E-state index contributed by atoms with van der Waals surface area (Å²) >= 11 is 0. The summed E-state index contributed by atoms with van der Waals surface area (Å²) in [4.78, 5) is 13.0. The Morgan fingerprint density at radius 2 is 1.46 bits per heavy atom. The Bertz CT molecular complexity index is 1390. The van der Waals surface area contributed by atoms with E-state index in [1.807, 2.05) is 91.0 Å². The summed E-state index contributed by atoms with van der Waals surface area (Å²) in [6.45, 7) is 0.692. The molecule has 3 aromatic carbocycles. The van der Waals surface area contributed by atoms with Crippen molar-refractivity contribution in [2.45, 2.75) is 6.54 Å². The largest absolute Gasteiger partial charge is 0.457 e. The lowest BCUT2D eigenvalue weighted by molar-refractivity contribution is 0.482. The fourth-order valence-electron chi connectivity index (χ4n) is 3.54. The van der Waals surface area contributed by atoms with E-state index in [4.69, 9.17) is 10.5 Å². The van der Waals surface area contributed by atoms with Gasteiger partial charge in [0.1, 0.15) is 23.1 Å². The molecule has 0 atom stereocenters. The van der Waals surface area contributed by atoms with Gasteiger partial charge in [0.15, 0.2) is 0 Å². The van der Waals surface area contributed by atoms with E-state index in [2.05, 4.69) is 37.7 Å². The Morgan fingerprint density at radius 3 is 2.23 bits per heavy atom. The molecular formula is C28H24N6O. The number of nitrogens with two attached hydrogens (primary N) is 1. The molecule has 0 spiro atoms. The first kappa shape index (κ1) is 21.9. The molecule has 0 bridgehead atoms. The standard InChI is InChI=1S/C28H24N6O/c29-28-33-25(21-9-5-2-6-10-21)18-27(34-28)32-22-11-13-23(14-12-22)35-24-15-16-30-26(17-24)31-19-20-7-3-1-4-8-20/h1-18H,19H2,(H,30,31)(H3,29,32,33,34). The number of nitrogens with zero attached hydrogens (tertiary/aromatic N) is 3. The Hall–Kier alpha value is -4.91. The predicted molar refractivity (Wildman–Crippen MR) is 140 cm³/mol. The summed E-state index contributed by atoms with van der Waals surface area (Å²) in [7, 11) is 0. The fourth-order valence-corrected chi connectivity index (χ4v) is 3.54. The first-order chi connectivity index (χ1) is 17.2. The van der Waals surface area contributed by atoms with E-state index in [0.29, 0.717) is 23.9 Å². The van der Waals surface area contributed by atoms with E-state index < -0.39 is 0 Å². The van der Waals surface area contributed by atoms with Gasteiger partial charge in [0.05, 0.1) is 5.69 Å². The minimum atomic E-state index is 0.211. The van der Waals surface area contributed by atoms with Gasteiger partial charge < -0.3 is 21.1 Å². The smallest absolute Gasteiger partial charge is 0.222 e. The first-order valence-electron chi connectivity index (χ1n) is 11.2. The Balaban J connectivity index is 1.23. The van der Waals surface area contributed by atoms with Crippen LogP contribution >= 0.6 is 0 Å². The molecule has 5 rings (SSSR count). The van der Waals surface area contributed by atoms with Gasteiger partial charge in [0, 0.05) is 36.1 Å². The minimum Gasteiger partial charge on any atom is -0.457 e. The number of pyridine rings is 1. The summed E-state index contributed by atoms with van der Waals surface area (Å²) in [6, 6.07) is 33.2. The lowest BCUT2D eigenvalue weighted by Gasteiger charge is -2.11. The van der Waals surface area contributed by atoms with Gasteiger partial charge in [0.25, 0.3) is 0 Å². The molecule has 0 unspecified atom stereocenters. The van der Waals surface area contributed by atoms with E-state index in [9.17, 15) is 0 Å². The van der Waals surface area contributed by atoms with Crippen LogP contribution in [0.5, 0.6) is 11.5 Å². The monoisotopic (exact) mass is 460 g/mol. The van der Waals surface area contributed by atoms with Crippen molar-refractivity contribution in [3.8, 4) is 22.8 Å². The maximum Gasteiger partial charge on any atom is 0.222 e. The van der Waals surface area contributed by atoms with Crippen LogP contribution in [0.25, 0.3) is 11.3 Å². The molecule has 0 aliphatic rings. The van der Waals surface area contributed by atoms with Crippen LogP contribution in [0.2, 0.25) is 0 Å². The lowest BCUT2D eigenvalue weighted by atomic mass is 10.1. The summed E-state index contributed by atoms with van der Waals surface area (Å²) < 4.78 is 6.02. The second kappa shape index (κ2) is 10.4. The third-order valence-electron chi connectivity index (χ3n) is 5.22. The van der Waals surface area contributed by atoms with Gasteiger partial charge in [-0.3, -0.25) is 0 Å². The molecule has 2 heterocycles. The third kappa shape index (κ3) is 5.91. The van der Waals surface area contributed by atoms with E-state index >= 15 is 0 Å². The summed E-state index contributed by atoms with van der Waals surface area (Å²) in [5.41, 5.74) is 9.71. The molecule has 7 heteroatoms. The fraction of sp³-hybridized carbons (Fsp3) is 0.0357. The maximum absolute atomic E-state index is 6.02. The van der Waals surface area contributed by atoms with Crippen LogP contribution in [0.1, 0.15) is 5.56 Å². The topological polar surface area (TPSA) is 98.0 Å². The second-order valence-electron chi connectivity index (χ2n) is 7.83. The summed E-state index contributed by atoms with van der Waals surface area (Å²) in [6.07, 6.45) is 1.72. The van der Waals surface area contributed by atoms with Crippen molar-refractivity contribution in [2.75, 3.05) is 16.4 Å². The zero-order chi connectivity index (χ0) is 23.9. The molecule has 7 nitrogen and oxygen atoms in total. The van der Waals surface area contributed by atoms with Crippen LogP contribution < -0.4 is 21.1 Å². The van der Waals surface area contributed by atoms with Crippen molar-refractivity contribution >= 4 is 23.3 Å². The van der Waals surface area contributed by atoms with Gasteiger partial charge >= 0.3 is 0 Å². The van der Waals surface area contributed by atoms with E-state index in [0.717, 1.165) is 22.8 Å². The van der Waals surface area contributed by atoms with Gasteiger partial charge in [-0.05, 0) is 35.9 Å². The number of aromatic nitrogens is 3. The number of ether oxygens (including phenoxy) is 1. The first-order valence-corrected chi connectivity index (χ1v) is 11.2. The van der Waals surface area contributed by atoms with Gasteiger partial charge in [-0.15, -0.1) is 0 Å². The second-order valence-corrected chi connectivity index (χ2v) is 7.83. The van der Waals surface area contributed by atoms with E-state index in [1.165, 1.54) is 5.56 Å². The summed E-state index contributed by atoms with van der Waals surface area (Å²) in [5.74, 6) is 2.99. The molecule has 35 heavy (non-hydrogen) atoms. The zero-order valence-electron chi connectivity index (χ0n) is 18.9. The molecule has 0 saturated heterocycles. The van der Waals surface area contributed by atoms with Crippen molar-refractivity contribution in [1.29, 1.82) is 0 Å². The van der Waals surface area contributed by atoms with Gasteiger partial charge in [-0.2, -0.15) is 4.98 Å². The molecule has 2 aromatic heterocycles. The van der Waals surface area contributed by atoms with Crippen LogP contribution in [0, 0.1) is 0 Å². The molecule has 172 valence electrons. The van der Waals surface area contributed by atoms with Gasteiger partial charge in [-0.1, -0.05) is 60.7 Å². The number of benzene rings is 3. The van der Waals surface area contributed by atoms with Crippen LogP contribution in [-0.2, 0) is 6.54 Å². The Kier molecular flexibility index (Phi) is 6.48. The van der Waals surface area contributed by atoms with Crippen molar-refractivity contribution in [3.05, 3.63) is 115 Å². The number of nitrogen functional groups attached to an aromatic ring is 1. The third-order valence-corrected chi connectivity index (χ3v) is 5.22. The Labute approximate surface area is 203 Å². The van der Waals surface area contributed by atoms with E-state index in [-0.39, 0.29) is 5.95 Å². The normalized spacial score (nSPS) is 10.5. The van der Waals surface area contributed by atoms with Crippen LogP contribution in [-0.4, -0.2) is 15.0 Å². The Morgan fingerprint density at radius 1 is 0.714 bits per heavy atom. The molecular weight excluding hydrogens is 436 g/mol. The highest BCUT2D eigenvalue weighted by Gasteiger charge is 2.06. The molecule has 0 aliphatic heterocycles. The minimum absolute atomic E-state index is 0.211. The maximum atomic E-state index is 6.02. The number of nitrogens with one attached hydrogen (secondary N) is 2. The average molecular weight is 461 g/mol. The highest BCUT2D eigenvalue weighted by molar-refractivity contribution is 5.67. The average Bonchev–Trinajstić information content (AvgIpc) is 2.90. The number of hydrogen-bond acceptors (Lipinski definition) is 7. The number of rotatable bonds is 8. The highest BCUT2D eigenvalue weighted by Crippen LogP contribution is 2.27. The zero-order valence-corrected chi connectivity index (χ0v) is 18.9. The van der Waals surface area contributed by atoms with Crippen molar-refractivity contribution in [2.24, 2.45) is 0 Å². The number of hydrogen-bond donors (Lipinski definition) is 3. The van der Waals surface area contributed by atoms with E-state index in [1.54, 1.807) is 6.20 Å². The van der Waals surface area contributed by atoms with Crippen molar-refractivity contribution in [1.82, 2.24) is 15.0 Å². The summed E-state index contributed by atoms with van der Waals surface area (Å²) in [5, 5.41) is 6.60. The van der Waals surface area contributed by atoms with Gasteiger partial charge in [0.2, 0.25) is 5.95 Å². The van der Waals surface area contributed by atoms with Gasteiger partial charge in [-0.25, -0.2) is 9.97 Å². The molecule has 4 N–H and O–H groups in total.